The van der Waals surface area contributed by atoms with Crippen LogP contribution in [-0.2, 0) is 4.79 Å². The van der Waals surface area contributed by atoms with Gasteiger partial charge in [0, 0.05) is 6.54 Å². The normalized spacial score (nSPS) is 10.5. The van der Waals surface area contributed by atoms with E-state index in [9.17, 15) is 9.18 Å². The van der Waals surface area contributed by atoms with Crippen LogP contribution in [0.4, 0.5) is 10.1 Å². The van der Waals surface area contributed by atoms with Gasteiger partial charge in [-0.3, -0.25) is 4.79 Å². The molecule has 1 aromatic carbocycles. The summed E-state index contributed by atoms with van der Waals surface area (Å²) < 4.78 is 13.4. The molecule has 0 saturated heterocycles. The molecule has 0 aliphatic rings. The Balaban J connectivity index is 2.38. The SMILES string of the molecule is CC(C)CCNC(=O)CNc1c(F)cccc1Cl. The lowest BCUT2D eigenvalue weighted by Gasteiger charge is -2.10. The maximum Gasteiger partial charge on any atom is 0.239 e. The molecule has 0 atom stereocenters. The van der Waals surface area contributed by atoms with Crippen molar-refractivity contribution in [3.8, 4) is 0 Å². The largest absolute Gasteiger partial charge is 0.373 e. The highest BCUT2D eigenvalue weighted by Crippen LogP contribution is 2.24. The van der Waals surface area contributed by atoms with E-state index >= 15 is 0 Å². The number of nitrogens with one attached hydrogen (secondary N) is 2. The number of anilines is 1. The lowest BCUT2D eigenvalue weighted by molar-refractivity contribution is -0.119. The van der Waals surface area contributed by atoms with Crippen molar-refractivity contribution in [3.05, 3.63) is 29.0 Å². The molecular weight excluding hydrogens is 255 g/mol. The molecule has 0 fully saturated rings. The van der Waals surface area contributed by atoms with Gasteiger partial charge in [0.25, 0.3) is 0 Å². The molecule has 2 N–H and O–H groups in total. The molecule has 100 valence electrons. The second-order valence-electron chi connectivity index (χ2n) is 4.48. The number of hydrogen-bond donors (Lipinski definition) is 2. The average molecular weight is 273 g/mol. The quantitative estimate of drug-likeness (QED) is 0.836. The van der Waals surface area contributed by atoms with Crippen LogP contribution >= 0.6 is 11.6 Å². The van der Waals surface area contributed by atoms with Crippen LogP contribution in [0.1, 0.15) is 20.3 Å². The van der Waals surface area contributed by atoms with E-state index in [0.29, 0.717) is 12.5 Å². The van der Waals surface area contributed by atoms with Crippen LogP contribution < -0.4 is 10.6 Å². The summed E-state index contributed by atoms with van der Waals surface area (Å²) in [5.74, 6) is -0.0910. The van der Waals surface area contributed by atoms with E-state index in [1.165, 1.54) is 12.1 Å². The van der Waals surface area contributed by atoms with Gasteiger partial charge in [-0.2, -0.15) is 0 Å². The van der Waals surface area contributed by atoms with E-state index in [2.05, 4.69) is 24.5 Å². The molecule has 0 aliphatic heterocycles. The summed E-state index contributed by atoms with van der Waals surface area (Å²) in [6, 6.07) is 4.39. The van der Waals surface area contributed by atoms with Crippen LogP contribution in [-0.4, -0.2) is 19.0 Å². The molecule has 18 heavy (non-hydrogen) atoms. The summed E-state index contributed by atoms with van der Waals surface area (Å²) in [7, 11) is 0. The summed E-state index contributed by atoms with van der Waals surface area (Å²) in [5.41, 5.74) is 0.165. The smallest absolute Gasteiger partial charge is 0.239 e. The first-order chi connectivity index (χ1) is 8.50. The van der Waals surface area contributed by atoms with Crippen LogP contribution in [0.15, 0.2) is 18.2 Å². The topological polar surface area (TPSA) is 41.1 Å². The van der Waals surface area contributed by atoms with Gasteiger partial charge in [0.2, 0.25) is 5.91 Å². The van der Waals surface area contributed by atoms with E-state index in [1.807, 2.05) is 0 Å². The van der Waals surface area contributed by atoms with Crippen LogP contribution in [0.2, 0.25) is 5.02 Å². The minimum Gasteiger partial charge on any atom is -0.373 e. The zero-order valence-electron chi connectivity index (χ0n) is 10.6. The van der Waals surface area contributed by atoms with Gasteiger partial charge in [-0.15, -0.1) is 0 Å². The Morgan fingerprint density at radius 3 is 2.78 bits per heavy atom. The van der Waals surface area contributed by atoms with E-state index in [-0.39, 0.29) is 23.2 Å². The Bertz CT molecular complexity index is 390. The van der Waals surface area contributed by atoms with Gasteiger partial charge in [0.15, 0.2) is 0 Å². The fourth-order valence-electron chi connectivity index (χ4n) is 1.40. The third-order valence-electron chi connectivity index (χ3n) is 2.43. The average Bonchev–Trinajstić information content (AvgIpc) is 2.27. The molecule has 0 heterocycles. The maximum absolute atomic E-state index is 13.4. The van der Waals surface area contributed by atoms with Crippen molar-refractivity contribution in [1.29, 1.82) is 0 Å². The minimum atomic E-state index is -0.461. The number of benzene rings is 1. The third-order valence-corrected chi connectivity index (χ3v) is 2.75. The van der Waals surface area contributed by atoms with Crippen LogP contribution in [0.3, 0.4) is 0 Å². The van der Waals surface area contributed by atoms with Gasteiger partial charge >= 0.3 is 0 Å². The van der Waals surface area contributed by atoms with Crippen molar-refractivity contribution in [2.75, 3.05) is 18.4 Å². The van der Waals surface area contributed by atoms with E-state index in [0.717, 1.165) is 6.42 Å². The number of para-hydroxylation sites is 1. The standard InChI is InChI=1S/C13H18ClFN2O/c1-9(2)6-7-16-12(18)8-17-13-10(14)4-3-5-11(13)15/h3-5,9,17H,6-8H2,1-2H3,(H,16,18). The lowest BCUT2D eigenvalue weighted by atomic mass is 10.1. The number of rotatable bonds is 6. The van der Waals surface area contributed by atoms with Gasteiger partial charge in [0.05, 0.1) is 17.3 Å². The summed E-state index contributed by atoms with van der Waals surface area (Å²) in [6.07, 6.45) is 0.923. The molecule has 0 radical (unpaired) electrons. The van der Waals surface area contributed by atoms with Crippen LogP contribution in [0.5, 0.6) is 0 Å². The molecule has 0 aromatic heterocycles. The summed E-state index contributed by atoms with van der Waals surface area (Å²) in [6.45, 7) is 4.81. The Kier molecular flexibility index (Phi) is 5.92. The van der Waals surface area contributed by atoms with Crippen LogP contribution in [0, 0.1) is 11.7 Å². The molecule has 1 rings (SSSR count). The molecule has 0 aliphatic carbocycles. The number of carbonyl (C=O) groups excluding carboxylic acids is 1. The van der Waals surface area contributed by atoms with Gasteiger partial charge < -0.3 is 10.6 Å². The van der Waals surface area contributed by atoms with Crippen molar-refractivity contribution >= 4 is 23.2 Å². The number of halogens is 2. The molecule has 0 bridgehead atoms. The predicted molar refractivity (Wildman–Crippen MR) is 72.4 cm³/mol. The molecule has 0 unspecified atom stereocenters. The monoisotopic (exact) mass is 272 g/mol. The van der Waals surface area contributed by atoms with Crippen molar-refractivity contribution in [2.45, 2.75) is 20.3 Å². The van der Waals surface area contributed by atoms with Gasteiger partial charge in [-0.1, -0.05) is 31.5 Å². The minimum absolute atomic E-state index is 0.0126. The second-order valence-corrected chi connectivity index (χ2v) is 4.89. The molecule has 0 spiro atoms. The Labute approximate surface area is 112 Å². The highest BCUT2D eigenvalue weighted by molar-refractivity contribution is 6.33. The molecule has 0 saturated carbocycles. The highest BCUT2D eigenvalue weighted by Gasteiger charge is 2.08. The maximum atomic E-state index is 13.4. The van der Waals surface area contributed by atoms with Gasteiger partial charge in [-0.25, -0.2) is 4.39 Å². The summed E-state index contributed by atoms with van der Waals surface area (Å²) in [5, 5.41) is 5.72. The van der Waals surface area contributed by atoms with Gasteiger partial charge in [-0.05, 0) is 24.5 Å². The first kappa shape index (κ1) is 14.8. The molecule has 3 nitrogen and oxygen atoms in total. The highest BCUT2D eigenvalue weighted by atomic mass is 35.5. The van der Waals surface area contributed by atoms with Crippen molar-refractivity contribution < 1.29 is 9.18 Å². The molecule has 1 aromatic rings. The van der Waals surface area contributed by atoms with E-state index < -0.39 is 5.82 Å². The fraction of sp³-hybridized carbons (Fsp3) is 0.462. The number of carbonyl (C=O) groups is 1. The fourth-order valence-corrected chi connectivity index (χ4v) is 1.63. The van der Waals surface area contributed by atoms with Gasteiger partial charge in [0.1, 0.15) is 5.82 Å². The Morgan fingerprint density at radius 2 is 2.17 bits per heavy atom. The molecule has 1 amide bonds. The number of amides is 1. The van der Waals surface area contributed by atoms with Crippen molar-refractivity contribution in [2.24, 2.45) is 5.92 Å². The molecular formula is C13H18ClFN2O. The zero-order chi connectivity index (χ0) is 13.5. The lowest BCUT2D eigenvalue weighted by Crippen LogP contribution is -2.31. The van der Waals surface area contributed by atoms with Crippen LogP contribution in [0.25, 0.3) is 0 Å². The van der Waals surface area contributed by atoms with Crippen molar-refractivity contribution in [1.82, 2.24) is 5.32 Å². The Morgan fingerprint density at radius 1 is 1.44 bits per heavy atom. The van der Waals surface area contributed by atoms with E-state index in [4.69, 9.17) is 11.6 Å². The summed E-state index contributed by atoms with van der Waals surface area (Å²) >= 11 is 5.82. The number of hydrogen-bond acceptors (Lipinski definition) is 2. The Hall–Kier alpha value is -1.29. The summed E-state index contributed by atoms with van der Waals surface area (Å²) in [4.78, 5) is 11.5. The second kappa shape index (κ2) is 7.21. The third kappa shape index (κ3) is 4.92. The first-order valence-corrected chi connectivity index (χ1v) is 6.33. The van der Waals surface area contributed by atoms with Crippen molar-refractivity contribution in [3.63, 3.8) is 0 Å². The predicted octanol–water partition coefficient (Wildman–Crippen LogP) is 3.05. The first-order valence-electron chi connectivity index (χ1n) is 5.95. The zero-order valence-corrected chi connectivity index (χ0v) is 11.4. The van der Waals surface area contributed by atoms with E-state index in [1.54, 1.807) is 6.07 Å². The molecule has 5 heteroatoms.